The zero-order chi connectivity index (χ0) is 24.8. The Morgan fingerprint density at radius 3 is 2.23 bits per heavy atom. The molecule has 0 aliphatic rings. The van der Waals surface area contributed by atoms with Gasteiger partial charge in [-0.15, -0.1) is 0 Å². The van der Waals surface area contributed by atoms with Crippen molar-refractivity contribution in [2.75, 3.05) is 6.61 Å². The van der Waals surface area contributed by atoms with Crippen molar-refractivity contribution in [1.82, 2.24) is 4.90 Å². The third kappa shape index (κ3) is 5.65. The zero-order valence-electron chi connectivity index (χ0n) is 18.8. The van der Waals surface area contributed by atoms with Gasteiger partial charge in [0.2, 0.25) is 0 Å². The fourth-order valence-corrected chi connectivity index (χ4v) is 3.95. The van der Waals surface area contributed by atoms with Crippen molar-refractivity contribution in [2.45, 2.75) is 13.1 Å². The molecule has 2 N–H and O–H groups in total. The van der Waals surface area contributed by atoms with E-state index >= 15 is 0 Å². The number of carbonyl (C=O) groups excluding carboxylic acids is 1. The molecular formula is C28H23NO6. The molecular weight excluding hydrogens is 446 g/mol. The molecule has 176 valence electrons. The maximum Gasteiger partial charge on any atom is 0.394 e. The smallest absolute Gasteiger partial charge is 0.394 e. The van der Waals surface area contributed by atoms with Crippen LogP contribution in [0.15, 0.2) is 91.0 Å². The lowest BCUT2D eigenvalue weighted by Crippen LogP contribution is -2.35. The van der Waals surface area contributed by atoms with Crippen molar-refractivity contribution in [3.8, 4) is 16.9 Å². The van der Waals surface area contributed by atoms with Crippen molar-refractivity contribution >= 4 is 28.6 Å². The lowest BCUT2D eigenvalue weighted by atomic mass is 9.97. The molecule has 0 aliphatic carbocycles. The average Bonchev–Trinajstić information content (AvgIpc) is 2.87. The molecule has 4 aromatic carbocycles. The summed E-state index contributed by atoms with van der Waals surface area (Å²) in [6.45, 7) is -0.558. The van der Waals surface area contributed by atoms with E-state index in [1.54, 1.807) is 36.4 Å². The number of aliphatic carboxylic acids is 2. The van der Waals surface area contributed by atoms with Crippen LogP contribution in [0.5, 0.6) is 5.75 Å². The van der Waals surface area contributed by atoms with Gasteiger partial charge in [0.15, 0.2) is 6.61 Å². The van der Waals surface area contributed by atoms with E-state index < -0.39 is 24.5 Å². The molecule has 7 heteroatoms. The van der Waals surface area contributed by atoms with E-state index in [-0.39, 0.29) is 18.8 Å². The monoisotopic (exact) mass is 469 g/mol. The Labute approximate surface area is 201 Å². The summed E-state index contributed by atoms with van der Waals surface area (Å²) in [4.78, 5) is 36.3. The number of carboxylic acids is 2. The molecule has 4 aromatic rings. The van der Waals surface area contributed by atoms with Crippen molar-refractivity contribution in [3.63, 3.8) is 0 Å². The minimum atomic E-state index is -1.57. The van der Waals surface area contributed by atoms with Gasteiger partial charge in [0, 0.05) is 12.1 Å². The molecule has 0 spiro atoms. The molecule has 0 bridgehead atoms. The topological polar surface area (TPSA) is 104 Å². The van der Waals surface area contributed by atoms with E-state index in [2.05, 4.69) is 0 Å². The number of carbonyl (C=O) groups is 3. The highest BCUT2D eigenvalue weighted by Gasteiger charge is 2.23. The lowest BCUT2D eigenvalue weighted by Gasteiger charge is -2.23. The molecule has 7 nitrogen and oxygen atoms in total. The summed E-state index contributed by atoms with van der Waals surface area (Å²) in [6, 6.07) is 28.2. The highest BCUT2D eigenvalue weighted by molar-refractivity contribution is 6.31. The first kappa shape index (κ1) is 23.5. The number of benzene rings is 4. The van der Waals surface area contributed by atoms with Gasteiger partial charge >= 0.3 is 17.8 Å². The summed E-state index contributed by atoms with van der Waals surface area (Å²) in [5, 5.41) is 20.6. The fraction of sp³-hybridized carbons (Fsp3) is 0.107. The van der Waals surface area contributed by atoms with Crippen LogP contribution in [-0.2, 0) is 27.5 Å². The SMILES string of the molecule is O=C(O)COc1cc(-c2cccc3ccccc23)ccc1CN(Cc1ccccc1)C(=O)C(=O)O. The van der Waals surface area contributed by atoms with E-state index in [0.717, 1.165) is 27.5 Å². The second kappa shape index (κ2) is 10.5. The number of ether oxygens (including phenoxy) is 1. The minimum absolute atomic E-state index is 0.0647. The van der Waals surface area contributed by atoms with E-state index in [4.69, 9.17) is 9.84 Å². The first-order valence-corrected chi connectivity index (χ1v) is 10.9. The normalized spacial score (nSPS) is 10.6. The Balaban J connectivity index is 1.73. The van der Waals surface area contributed by atoms with E-state index in [1.807, 2.05) is 54.6 Å². The van der Waals surface area contributed by atoms with Crippen molar-refractivity contribution in [1.29, 1.82) is 0 Å². The maximum atomic E-state index is 12.5. The Bertz CT molecular complexity index is 1380. The molecule has 0 saturated carbocycles. The molecule has 4 rings (SSSR count). The minimum Gasteiger partial charge on any atom is -0.482 e. The van der Waals surface area contributed by atoms with Crippen LogP contribution in [0.3, 0.4) is 0 Å². The summed E-state index contributed by atoms with van der Waals surface area (Å²) in [5.41, 5.74) is 3.02. The largest absolute Gasteiger partial charge is 0.482 e. The maximum absolute atomic E-state index is 12.5. The first-order valence-electron chi connectivity index (χ1n) is 10.9. The summed E-state index contributed by atoms with van der Waals surface area (Å²) in [5.74, 6) is -3.50. The van der Waals surface area contributed by atoms with Crippen LogP contribution < -0.4 is 4.74 Å². The van der Waals surface area contributed by atoms with Gasteiger partial charge in [-0.25, -0.2) is 9.59 Å². The van der Waals surface area contributed by atoms with Crippen molar-refractivity contribution in [3.05, 3.63) is 102 Å². The first-order chi connectivity index (χ1) is 16.9. The summed E-state index contributed by atoms with van der Waals surface area (Å²) >= 11 is 0. The predicted octanol–water partition coefficient (Wildman–Crippen LogP) is 4.58. The average molecular weight is 469 g/mol. The van der Waals surface area contributed by atoms with Gasteiger partial charge in [-0.1, -0.05) is 84.9 Å². The van der Waals surface area contributed by atoms with Gasteiger partial charge < -0.3 is 19.8 Å². The number of fused-ring (bicyclic) bond motifs is 1. The fourth-order valence-electron chi connectivity index (χ4n) is 3.95. The quantitative estimate of drug-likeness (QED) is 0.366. The molecule has 35 heavy (non-hydrogen) atoms. The summed E-state index contributed by atoms with van der Waals surface area (Å²) in [7, 11) is 0. The standard InChI is InChI=1S/C28H23NO6/c30-26(31)18-35-25-15-21(24-12-6-10-20-9-4-5-11-23(20)24)13-14-22(25)17-29(27(32)28(33)34)16-19-7-2-1-3-8-19/h1-15H,16-18H2,(H,30,31)(H,33,34). The molecule has 0 atom stereocenters. The van der Waals surface area contributed by atoms with Gasteiger partial charge in [-0.2, -0.15) is 0 Å². The molecule has 0 saturated heterocycles. The third-order valence-corrected chi connectivity index (χ3v) is 5.57. The van der Waals surface area contributed by atoms with Crippen LogP contribution in [-0.4, -0.2) is 39.6 Å². The van der Waals surface area contributed by atoms with Crippen LogP contribution in [0, 0.1) is 0 Å². The van der Waals surface area contributed by atoms with Crippen LogP contribution in [0.1, 0.15) is 11.1 Å². The van der Waals surface area contributed by atoms with Crippen molar-refractivity contribution in [2.24, 2.45) is 0 Å². The van der Waals surface area contributed by atoms with Gasteiger partial charge in [-0.3, -0.25) is 4.79 Å². The Kier molecular flexibility index (Phi) is 7.07. The van der Waals surface area contributed by atoms with Gasteiger partial charge in [0.05, 0.1) is 6.54 Å². The highest BCUT2D eigenvalue weighted by atomic mass is 16.5. The molecule has 0 radical (unpaired) electrons. The van der Waals surface area contributed by atoms with E-state index in [0.29, 0.717) is 5.56 Å². The molecule has 0 heterocycles. The zero-order valence-corrected chi connectivity index (χ0v) is 18.8. The number of hydrogen-bond acceptors (Lipinski definition) is 4. The van der Waals surface area contributed by atoms with E-state index in [1.165, 1.54) is 4.90 Å². The summed E-state index contributed by atoms with van der Waals surface area (Å²) in [6.07, 6.45) is 0. The van der Waals surface area contributed by atoms with Crippen LogP contribution in [0.2, 0.25) is 0 Å². The third-order valence-electron chi connectivity index (χ3n) is 5.57. The van der Waals surface area contributed by atoms with Crippen LogP contribution in [0.25, 0.3) is 21.9 Å². The van der Waals surface area contributed by atoms with Crippen LogP contribution in [0.4, 0.5) is 0 Å². The molecule has 0 unspecified atom stereocenters. The molecule has 1 amide bonds. The highest BCUT2D eigenvalue weighted by Crippen LogP contribution is 2.33. The number of hydrogen-bond donors (Lipinski definition) is 2. The Hall–Kier alpha value is -4.65. The lowest BCUT2D eigenvalue weighted by molar-refractivity contribution is -0.156. The van der Waals surface area contributed by atoms with Gasteiger partial charge in [0.1, 0.15) is 5.75 Å². The second-order valence-corrected chi connectivity index (χ2v) is 7.98. The van der Waals surface area contributed by atoms with Gasteiger partial charge in [-0.05, 0) is 33.5 Å². The second-order valence-electron chi connectivity index (χ2n) is 7.98. The molecule has 0 aliphatic heterocycles. The number of nitrogens with zero attached hydrogens (tertiary/aromatic N) is 1. The molecule has 0 fully saturated rings. The van der Waals surface area contributed by atoms with Crippen LogP contribution >= 0.6 is 0 Å². The number of amides is 1. The molecule has 0 aromatic heterocycles. The predicted molar refractivity (Wildman–Crippen MR) is 131 cm³/mol. The van der Waals surface area contributed by atoms with E-state index in [9.17, 15) is 19.5 Å². The Morgan fingerprint density at radius 2 is 1.49 bits per heavy atom. The Morgan fingerprint density at radius 1 is 0.771 bits per heavy atom. The van der Waals surface area contributed by atoms with Gasteiger partial charge in [0.25, 0.3) is 0 Å². The number of carboxylic acid groups (broad SMARTS) is 2. The van der Waals surface area contributed by atoms with Crippen molar-refractivity contribution < 1.29 is 29.3 Å². The summed E-state index contributed by atoms with van der Waals surface area (Å²) < 4.78 is 5.58. The number of rotatable bonds is 8.